The summed E-state index contributed by atoms with van der Waals surface area (Å²) in [6.07, 6.45) is 0.322. The molecule has 1 aliphatic carbocycles. The molecule has 0 bridgehead atoms. The van der Waals surface area contributed by atoms with Crippen molar-refractivity contribution >= 4 is 11.9 Å². The van der Waals surface area contributed by atoms with Gasteiger partial charge in [0, 0.05) is 37.9 Å². The van der Waals surface area contributed by atoms with Gasteiger partial charge in [-0.15, -0.1) is 0 Å². The van der Waals surface area contributed by atoms with Gasteiger partial charge in [0.15, 0.2) is 23.0 Å². The summed E-state index contributed by atoms with van der Waals surface area (Å²) >= 11 is 0. The van der Waals surface area contributed by atoms with Crippen LogP contribution in [0.4, 0.5) is 0 Å². The molecule has 2 aliphatic heterocycles. The van der Waals surface area contributed by atoms with E-state index in [0.29, 0.717) is 30.0 Å². The molecule has 0 saturated carbocycles. The topological polar surface area (TPSA) is 119 Å². The Balaban J connectivity index is 1.52. The van der Waals surface area contributed by atoms with E-state index >= 15 is 0 Å². The molecular weight excluding hydrogens is 518 g/mol. The van der Waals surface area contributed by atoms with Crippen molar-refractivity contribution in [2.24, 2.45) is 11.8 Å². The zero-order chi connectivity index (χ0) is 28.6. The normalized spacial score (nSPS) is 22.6. The fourth-order valence-electron chi connectivity index (χ4n) is 5.86. The van der Waals surface area contributed by atoms with E-state index in [-0.39, 0.29) is 48.4 Å². The van der Waals surface area contributed by atoms with Crippen molar-refractivity contribution in [3.05, 3.63) is 41.0 Å². The van der Waals surface area contributed by atoms with Crippen LogP contribution in [-0.4, -0.2) is 95.2 Å². The van der Waals surface area contributed by atoms with Crippen molar-refractivity contribution < 1.29 is 38.4 Å². The number of ether oxygens (including phenoxy) is 5. The molecule has 3 aliphatic rings. The van der Waals surface area contributed by atoms with Crippen LogP contribution in [0.5, 0.6) is 28.7 Å². The Morgan fingerprint density at radius 2 is 1.62 bits per heavy atom. The number of cyclic esters (lactones) is 1. The number of nitrogens with one attached hydrogen (secondary N) is 1. The zero-order valence-electron chi connectivity index (χ0n) is 23.6. The smallest absolute Gasteiger partial charge is 0.310 e. The first-order chi connectivity index (χ1) is 19.2. The van der Waals surface area contributed by atoms with Gasteiger partial charge in [-0.25, -0.2) is 0 Å². The number of nitrogens with zero attached hydrogens (tertiary/aromatic N) is 2. The number of phenols is 1. The van der Waals surface area contributed by atoms with Crippen LogP contribution in [0.2, 0.25) is 0 Å². The number of hydrogen-bond donors (Lipinski definition) is 2. The second-order valence-electron chi connectivity index (χ2n) is 10.8. The number of esters is 1. The number of rotatable bonds is 10. The molecule has 1 fully saturated rings. The second-order valence-corrected chi connectivity index (χ2v) is 10.8. The standard InChI is InChI=1S/C29H37N3O8/c1-31(2)8-9-32(3)7-6-24(33)30-27-18-13-21-20(39-15-40-21)12-17(18)25(26-19(27)14-38-29(26)35)16-10-22(36-4)28(34)23(11-16)37-5/h10-13,19,25-27,34H,6-9,14-15H2,1-5H3,(H,30,33)/t19-,25?,26-,27+/m0/s1. The predicted molar refractivity (Wildman–Crippen MR) is 145 cm³/mol. The number of fused-ring (bicyclic) bond motifs is 3. The summed E-state index contributed by atoms with van der Waals surface area (Å²) in [5.41, 5.74) is 2.37. The molecule has 2 N–H and O–H groups in total. The summed E-state index contributed by atoms with van der Waals surface area (Å²) in [6, 6.07) is 6.73. The van der Waals surface area contributed by atoms with Crippen LogP contribution < -0.4 is 24.3 Å². The Labute approximate surface area is 233 Å². The number of benzene rings is 2. The summed E-state index contributed by atoms with van der Waals surface area (Å²) in [4.78, 5) is 30.7. The summed E-state index contributed by atoms with van der Waals surface area (Å²) < 4.78 is 27.8. The summed E-state index contributed by atoms with van der Waals surface area (Å²) in [6.45, 7) is 2.63. The molecule has 216 valence electrons. The number of methoxy groups -OCH3 is 2. The highest BCUT2D eigenvalue weighted by Crippen LogP contribution is 2.55. The Hall–Kier alpha value is -3.70. The van der Waals surface area contributed by atoms with Gasteiger partial charge < -0.3 is 43.9 Å². The average molecular weight is 556 g/mol. The minimum atomic E-state index is -0.583. The highest BCUT2D eigenvalue weighted by molar-refractivity contribution is 5.81. The van der Waals surface area contributed by atoms with Crippen molar-refractivity contribution in [1.82, 2.24) is 15.1 Å². The third-order valence-electron chi connectivity index (χ3n) is 8.01. The van der Waals surface area contributed by atoms with E-state index in [1.165, 1.54) is 14.2 Å². The Morgan fingerprint density at radius 3 is 2.25 bits per heavy atom. The lowest BCUT2D eigenvalue weighted by atomic mass is 9.65. The lowest BCUT2D eigenvalue weighted by Crippen LogP contribution is -2.43. The number of phenolic OH excluding ortho intramolecular Hbond substituents is 1. The molecular formula is C29H37N3O8. The molecule has 11 heteroatoms. The fraction of sp³-hybridized carbons (Fsp3) is 0.517. The van der Waals surface area contributed by atoms with E-state index in [4.69, 9.17) is 23.7 Å². The van der Waals surface area contributed by atoms with Gasteiger partial charge in [0.05, 0.1) is 32.8 Å². The maximum Gasteiger partial charge on any atom is 0.310 e. The number of carbonyl (C=O) groups is 2. The van der Waals surface area contributed by atoms with Gasteiger partial charge in [-0.3, -0.25) is 9.59 Å². The first-order valence-corrected chi connectivity index (χ1v) is 13.4. The van der Waals surface area contributed by atoms with Crippen molar-refractivity contribution in [1.29, 1.82) is 0 Å². The van der Waals surface area contributed by atoms with Gasteiger partial charge in [-0.1, -0.05) is 0 Å². The maximum absolute atomic E-state index is 13.3. The molecule has 11 nitrogen and oxygen atoms in total. The van der Waals surface area contributed by atoms with E-state index in [0.717, 1.165) is 24.2 Å². The molecule has 0 spiro atoms. The molecule has 1 amide bonds. The SMILES string of the molecule is COc1cc(C2c3cc4c(cc3[C@@H](NC(=O)CCN(C)CCN(C)C)[C@H]3COC(=O)[C@H]23)OCO4)cc(OC)c1O. The van der Waals surface area contributed by atoms with Crippen LogP contribution in [-0.2, 0) is 14.3 Å². The lowest BCUT2D eigenvalue weighted by Gasteiger charge is -2.39. The van der Waals surface area contributed by atoms with Crippen molar-refractivity contribution in [3.8, 4) is 28.7 Å². The summed E-state index contributed by atoms with van der Waals surface area (Å²) in [5.74, 6) is -0.307. The molecule has 2 heterocycles. The van der Waals surface area contributed by atoms with Gasteiger partial charge in [0.25, 0.3) is 0 Å². The average Bonchev–Trinajstić information content (AvgIpc) is 3.56. The highest BCUT2D eigenvalue weighted by atomic mass is 16.7. The number of amides is 1. The minimum absolute atomic E-state index is 0.0922. The number of carbonyl (C=O) groups excluding carboxylic acids is 2. The third-order valence-corrected chi connectivity index (χ3v) is 8.01. The van der Waals surface area contributed by atoms with Gasteiger partial charge in [-0.2, -0.15) is 0 Å². The quantitative estimate of drug-likeness (QED) is 0.422. The van der Waals surface area contributed by atoms with E-state index in [1.807, 2.05) is 33.3 Å². The first-order valence-electron chi connectivity index (χ1n) is 13.4. The summed E-state index contributed by atoms with van der Waals surface area (Å²) in [5, 5.41) is 13.7. The molecule has 2 aromatic carbocycles. The van der Waals surface area contributed by atoms with E-state index in [2.05, 4.69) is 15.1 Å². The van der Waals surface area contributed by atoms with Crippen LogP contribution in [0.3, 0.4) is 0 Å². The molecule has 0 radical (unpaired) electrons. The van der Waals surface area contributed by atoms with Crippen molar-refractivity contribution in [2.75, 3.05) is 68.4 Å². The highest BCUT2D eigenvalue weighted by Gasteiger charge is 2.53. The molecule has 1 unspecified atom stereocenters. The number of aromatic hydroxyl groups is 1. The molecule has 40 heavy (non-hydrogen) atoms. The van der Waals surface area contributed by atoms with Gasteiger partial charge >= 0.3 is 5.97 Å². The van der Waals surface area contributed by atoms with E-state index < -0.39 is 17.9 Å². The molecule has 5 rings (SSSR count). The Kier molecular flexibility index (Phi) is 7.95. The van der Waals surface area contributed by atoms with Crippen LogP contribution in [0.15, 0.2) is 24.3 Å². The molecule has 1 saturated heterocycles. The van der Waals surface area contributed by atoms with Gasteiger partial charge in [-0.05, 0) is 62.1 Å². The van der Waals surface area contributed by atoms with Crippen LogP contribution >= 0.6 is 0 Å². The second kappa shape index (κ2) is 11.4. The largest absolute Gasteiger partial charge is 0.502 e. The number of likely N-dealkylation sites (N-methyl/N-ethyl adjacent to an activating group) is 2. The maximum atomic E-state index is 13.3. The minimum Gasteiger partial charge on any atom is -0.502 e. The van der Waals surface area contributed by atoms with E-state index in [9.17, 15) is 14.7 Å². The fourth-order valence-corrected chi connectivity index (χ4v) is 5.86. The van der Waals surface area contributed by atoms with Gasteiger partial charge in [0.2, 0.25) is 18.4 Å². The van der Waals surface area contributed by atoms with E-state index in [1.54, 1.807) is 12.1 Å². The van der Waals surface area contributed by atoms with Crippen molar-refractivity contribution in [3.63, 3.8) is 0 Å². The van der Waals surface area contributed by atoms with Crippen LogP contribution in [0, 0.1) is 11.8 Å². The first kappa shape index (κ1) is 27.9. The van der Waals surface area contributed by atoms with Crippen LogP contribution in [0.25, 0.3) is 0 Å². The lowest BCUT2D eigenvalue weighted by molar-refractivity contribution is -0.141. The van der Waals surface area contributed by atoms with Crippen LogP contribution in [0.1, 0.15) is 35.1 Å². The number of hydrogen-bond acceptors (Lipinski definition) is 10. The Morgan fingerprint density at radius 1 is 0.975 bits per heavy atom. The monoisotopic (exact) mass is 555 g/mol. The van der Waals surface area contributed by atoms with Crippen molar-refractivity contribution in [2.45, 2.75) is 18.4 Å². The molecule has 4 atom stereocenters. The molecule has 2 aromatic rings. The summed E-state index contributed by atoms with van der Waals surface area (Å²) in [7, 11) is 8.96. The third kappa shape index (κ3) is 5.23. The predicted octanol–water partition coefficient (Wildman–Crippen LogP) is 2.11. The Bertz CT molecular complexity index is 1260. The van der Waals surface area contributed by atoms with Gasteiger partial charge in [0.1, 0.15) is 0 Å². The zero-order valence-corrected chi connectivity index (χ0v) is 23.6. The molecule has 0 aromatic heterocycles.